The van der Waals surface area contributed by atoms with Crippen LogP contribution in [0.25, 0.3) is 0 Å². The van der Waals surface area contributed by atoms with Gasteiger partial charge in [-0.05, 0) is 32.4 Å². The molecule has 0 N–H and O–H groups in total. The average molecular weight is 320 g/mol. The third-order valence-electron chi connectivity index (χ3n) is 3.46. The molecule has 0 bridgehead atoms. The van der Waals surface area contributed by atoms with E-state index in [0.717, 1.165) is 23.5 Å². The molecule has 0 aliphatic heterocycles. The van der Waals surface area contributed by atoms with Crippen LogP contribution in [0, 0.1) is 20.8 Å². The minimum Gasteiger partial charge on any atom is -0.344 e. The number of alkyl halides is 1. The third-order valence-corrected chi connectivity index (χ3v) is 3.97. The van der Waals surface area contributed by atoms with E-state index >= 15 is 0 Å². The molecule has 1 aromatic heterocycles. The molecule has 1 aromatic carbocycles. The highest BCUT2D eigenvalue weighted by Gasteiger charge is 2.14. The smallest absolute Gasteiger partial charge is 0.175 e. The molecule has 3 heteroatoms. The summed E-state index contributed by atoms with van der Waals surface area (Å²) in [6, 6.07) is 10.5. The molecule has 0 saturated carbocycles. The zero-order valence-electron chi connectivity index (χ0n) is 11.5. The largest absolute Gasteiger partial charge is 0.344 e. The van der Waals surface area contributed by atoms with E-state index in [0.29, 0.717) is 5.33 Å². The fourth-order valence-electron chi connectivity index (χ4n) is 2.27. The Kier molecular flexibility index (Phi) is 4.25. The van der Waals surface area contributed by atoms with E-state index in [1.165, 1.54) is 11.1 Å². The number of rotatable bonds is 4. The summed E-state index contributed by atoms with van der Waals surface area (Å²) in [6.45, 7) is 6.96. The average Bonchev–Trinajstić information content (AvgIpc) is 2.68. The summed E-state index contributed by atoms with van der Waals surface area (Å²) >= 11 is 3.24. The standard InChI is InChI=1S/C16H18BrNO/c1-11-4-6-14(7-5-11)10-18-12(2)8-15(13(18)3)16(19)9-17/h4-8H,9-10H2,1-3H3. The van der Waals surface area contributed by atoms with Crippen molar-refractivity contribution in [3.05, 3.63) is 58.4 Å². The second-order valence-electron chi connectivity index (χ2n) is 4.91. The Labute approximate surface area is 122 Å². The van der Waals surface area contributed by atoms with Crippen LogP contribution in [-0.2, 0) is 6.54 Å². The van der Waals surface area contributed by atoms with Gasteiger partial charge in [-0.15, -0.1) is 0 Å². The normalized spacial score (nSPS) is 10.7. The Morgan fingerprint density at radius 1 is 1.16 bits per heavy atom. The second-order valence-corrected chi connectivity index (χ2v) is 5.47. The summed E-state index contributed by atoms with van der Waals surface area (Å²) in [7, 11) is 0. The molecule has 0 atom stereocenters. The summed E-state index contributed by atoms with van der Waals surface area (Å²) < 4.78 is 2.19. The van der Waals surface area contributed by atoms with Crippen molar-refractivity contribution in [1.82, 2.24) is 4.57 Å². The summed E-state index contributed by atoms with van der Waals surface area (Å²) in [5, 5.41) is 0.377. The van der Waals surface area contributed by atoms with Crippen molar-refractivity contribution in [2.45, 2.75) is 27.3 Å². The highest BCUT2D eigenvalue weighted by molar-refractivity contribution is 9.09. The van der Waals surface area contributed by atoms with E-state index < -0.39 is 0 Å². The zero-order chi connectivity index (χ0) is 14.0. The van der Waals surface area contributed by atoms with Crippen molar-refractivity contribution in [3.8, 4) is 0 Å². The molecule has 2 aromatic rings. The number of hydrogen-bond donors (Lipinski definition) is 0. The summed E-state index contributed by atoms with van der Waals surface area (Å²) in [5.41, 5.74) is 5.51. The monoisotopic (exact) mass is 319 g/mol. The van der Waals surface area contributed by atoms with Crippen molar-refractivity contribution in [3.63, 3.8) is 0 Å². The van der Waals surface area contributed by atoms with Crippen LogP contribution in [0.5, 0.6) is 0 Å². The van der Waals surface area contributed by atoms with Gasteiger partial charge in [0.25, 0.3) is 0 Å². The van der Waals surface area contributed by atoms with Crippen LogP contribution in [-0.4, -0.2) is 15.7 Å². The molecule has 0 unspecified atom stereocenters. The molecular formula is C16H18BrNO. The highest BCUT2D eigenvalue weighted by Crippen LogP contribution is 2.18. The van der Waals surface area contributed by atoms with Crippen LogP contribution in [0.3, 0.4) is 0 Å². The van der Waals surface area contributed by atoms with Gasteiger partial charge in [-0.1, -0.05) is 45.8 Å². The van der Waals surface area contributed by atoms with Gasteiger partial charge in [0, 0.05) is 23.5 Å². The van der Waals surface area contributed by atoms with Gasteiger partial charge in [0.1, 0.15) is 0 Å². The van der Waals surface area contributed by atoms with Gasteiger partial charge in [0.15, 0.2) is 5.78 Å². The van der Waals surface area contributed by atoms with Crippen LogP contribution in [0.15, 0.2) is 30.3 Å². The number of carbonyl (C=O) groups excluding carboxylic acids is 1. The first-order valence-electron chi connectivity index (χ1n) is 6.34. The maximum Gasteiger partial charge on any atom is 0.175 e. The maximum atomic E-state index is 11.8. The lowest BCUT2D eigenvalue weighted by atomic mass is 10.1. The summed E-state index contributed by atoms with van der Waals surface area (Å²) in [5.74, 6) is 0.142. The highest BCUT2D eigenvalue weighted by atomic mass is 79.9. The third kappa shape index (κ3) is 2.98. The lowest BCUT2D eigenvalue weighted by molar-refractivity contribution is 0.102. The number of ketones is 1. The molecule has 2 rings (SSSR count). The van der Waals surface area contributed by atoms with Crippen LogP contribution < -0.4 is 0 Å². The van der Waals surface area contributed by atoms with Crippen LogP contribution >= 0.6 is 15.9 Å². The van der Waals surface area contributed by atoms with E-state index in [9.17, 15) is 4.79 Å². The molecule has 0 fully saturated rings. The quantitative estimate of drug-likeness (QED) is 0.615. The minimum absolute atomic E-state index is 0.142. The van der Waals surface area contributed by atoms with Crippen molar-refractivity contribution < 1.29 is 4.79 Å². The van der Waals surface area contributed by atoms with Gasteiger partial charge >= 0.3 is 0 Å². The molecule has 0 radical (unpaired) electrons. The number of halogens is 1. The second kappa shape index (κ2) is 5.74. The molecule has 0 aliphatic carbocycles. The van der Waals surface area contributed by atoms with Gasteiger partial charge < -0.3 is 4.57 Å². The van der Waals surface area contributed by atoms with Gasteiger partial charge in [-0.25, -0.2) is 0 Å². The number of hydrogen-bond acceptors (Lipinski definition) is 1. The molecule has 2 nitrogen and oxygen atoms in total. The molecule has 1 heterocycles. The molecule has 19 heavy (non-hydrogen) atoms. The first-order valence-corrected chi connectivity index (χ1v) is 7.46. The first kappa shape index (κ1) is 14.1. The van der Waals surface area contributed by atoms with E-state index in [1.54, 1.807) is 0 Å². The number of benzene rings is 1. The number of aryl methyl sites for hydroxylation is 2. The van der Waals surface area contributed by atoms with Crippen molar-refractivity contribution in [2.24, 2.45) is 0 Å². The van der Waals surface area contributed by atoms with E-state index in [-0.39, 0.29) is 5.78 Å². The Hall–Kier alpha value is -1.35. The van der Waals surface area contributed by atoms with Crippen LogP contribution in [0.1, 0.15) is 32.9 Å². The molecule has 100 valence electrons. The van der Waals surface area contributed by atoms with E-state index in [1.807, 2.05) is 19.9 Å². The van der Waals surface area contributed by atoms with Crippen molar-refractivity contribution in [2.75, 3.05) is 5.33 Å². The minimum atomic E-state index is 0.142. The number of carbonyl (C=O) groups is 1. The SMILES string of the molecule is Cc1ccc(Cn2c(C)cc(C(=O)CBr)c2C)cc1. The van der Waals surface area contributed by atoms with E-state index in [4.69, 9.17) is 0 Å². The van der Waals surface area contributed by atoms with Crippen molar-refractivity contribution >= 4 is 21.7 Å². The van der Waals surface area contributed by atoms with Crippen LogP contribution in [0.4, 0.5) is 0 Å². The topological polar surface area (TPSA) is 22.0 Å². The fraction of sp³-hybridized carbons (Fsp3) is 0.312. The van der Waals surface area contributed by atoms with Gasteiger partial charge in [-0.2, -0.15) is 0 Å². The first-order chi connectivity index (χ1) is 9.02. The molecule has 0 saturated heterocycles. The Balaban J connectivity index is 2.33. The van der Waals surface area contributed by atoms with Crippen LogP contribution in [0.2, 0.25) is 0 Å². The molecule has 0 spiro atoms. The van der Waals surface area contributed by atoms with Gasteiger partial charge in [0.05, 0.1) is 5.33 Å². The summed E-state index contributed by atoms with van der Waals surface area (Å²) in [6.07, 6.45) is 0. The molecule has 0 aliphatic rings. The molecular weight excluding hydrogens is 302 g/mol. The number of nitrogens with zero attached hydrogens (tertiary/aromatic N) is 1. The van der Waals surface area contributed by atoms with Gasteiger partial charge in [-0.3, -0.25) is 4.79 Å². The Morgan fingerprint density at radius 3 is 2.37 bits per heavy atom. The Morgan fingerprint density at radius 2 is 1.79 bits per heavy atom. The number of Topliss-reactive ketones (excluding diaryl/α,β-unsaturated/α-hetero) is 1. The van der Waals surface area contributed by atoms with Crippen molar-refractivity contribution in [1.29, 1.82) is 0 Å². The predicted molar refractivity (Wildman–Crippen MR) is 82.3 cm³/mol. The zero-order valence-corrected chi connectivity index (χ0v) is 13.1. The van der Waals surface area contributed by atoms with Gasteiger partial charge in [0.2, 0.25) is 0 Å². The fourth-order valence-corrected chi connectivity index (χ4v) is 2.58. The van der Waals surface area contributed by atoms with E-state index in [2.05, 4.69) is 51.7 Å². The molecule has 0 amide bonds. The Bertz CT molecular complexity index is 596. The lowest BCUT2D eigenvalue weighted by Crippen LogP contribution is -2.06. The lowest BCUT2D eigenvalue weighted by Gasteiger charge is -2.10. The number of aromatic nitrogens is 1. The summed E-state index contributed by atoms with van der Waals surface area (Å²) in [4.78, 5) is 11.8. The predicted octanol–water partition coefficient (Wildman–Crippen LogP) is 4.04. The maximum absolute atomic E-state index is 11.8.